The van der Waals surface area contributed by atoms with Gasteiger partial charge in [0.1, 0.15) is 0 Å². The van der Waals surface area contributed by atoms with Gasteiger partial charge in [-0.25, -0.2) is 24.7 Å². The Morgan fingerprint density at radius 1 is 1.25 bits per heavy atom. The molecule has 0 atom stereocenters. The van der Waals surface area contributed by atoms with Crippen LogP contribution >= 0.6 is 0 Å². The van der Waals surface area contributed by atoms with Crippen LogP contribution in [0.4, 0.5) is 5.82 Å². The third-order valence-corrected chi connectivity index (χ3v) is 3.02. The van der Waals surface area contributed by atoms with Gasteiger partial charge in [0, 0.05) is 18.0 Å². The molecule has 0 spiro atoms. The van der Waals surface area contributed by atoms with Crippen molar-refractivity contribution in [3.05, 3.63) is 54.1 Å². The highest BCUT2D eigenvalue weighted by atomic mass is 16.5. The predicted molar refractivity (Wildman–Crippen MR) is 84.2 cm³/mol. The zero-order chi connectivity index (χ0) is 16.9. The zero-order valence-electron chi connectivity index (χ0n) is 12.6. The summed E-state index contributed by atoms with van der Waals surface area (Å²) in [5.74, 6) is -0.749. The lowest BCUT2D eigenvalue weighted by atomic mass is 10.2. The van der Waals surface area contributed by atoms with Gasteiger partial charge in [0.15, 0.2) is 17.2 Å². The molecule has 24 heavy (non-hydrogen) atoms. The molecule has 1 aromatic carbocycles. The molecule has 0 unspecified atom stereocenters. The van der Waals surface area contributed by atoms with Crippen LogP contribution < -0.4 is 0 Å². The van der Waals surface area contributed by atoms with E-state index < -0.39 is 5.97 Å². The highest BCUT2D eigenvalue weighted by molar-refractivity contribution is 5.93. The molecule has 0 fully saturated rings. The highest BCUT2D eigenvalue weighted by Gasteiger charge is 2.15. The molecule has 0 radical (unpaired) electrons. The van der Waals surface area contributed by atoms with Crippen LogP contribution in [-0.4, -0.2) is 39.4 Å². The molecule has 0 saturated carbocycles. The first-order chi connectivity index (χ1) is 11.7. The highest BCUT2D eigenvalue weighted by Crippen LogP contribution is 2.25. The molecule has 0 bridgehead atoms. The fourth-order valence-corrected chi connectivity index (χ4v) is 1.90. The first-order valence-corrected chi connectivity index (χ1v) is 6.87. The fraction of sp³-hybridized carbons (Fsp3) is 0.0625. The number of carbonyl (C=O) groups excluding carboxylic acids is 1. The van der Waals surface area contributed by atoms with Crippen LogP contribution in [0.2, 0.25) is 0 Å². The zero-order valence-corrected chi connectivity index (χ0v) is 12.6. The number of aromatic nitrogens is 3. The molecule has 1 N–H and O–H groups in total. The van der Waals surface area contributed by atoms with E-state index in [9.17, 15) is 9.90 Å². The lowest BCUT2D eigenvalue weighted by molar-refractivity contribution is 0.0594. The number of ether oxygens (including phenoxy) is 1. The molecule has 0 saturated heterocycles. The summed E-state index contributed by atoms with van der Waals surface area (Å²) in [6, 6.07) is 9.10. The van der Waals surface area contributed by atoms with Crippen molar-refractivity contribution < 1.29 is 19.1 Å². The van der Waals surface area contributed by atoms with Gasteiger partial charge in [0.25, 0.3) is 0 Å². The minimum absolute atomic E-state index is 0.0393. The van der Waals surface area contributed by atoms with Crippen molar-refractivity contribution in [3.63, 3.8) is 0 Å². The molecule has 0 amide bonds. The second kappa shape index (κ2) is 6.69. The van der Waals surface area contributed by atoms with E-state index in [0.29, 0.717) is 5.56 Å². The summed E-state index contributed by atoms with van der Waals surface area (Å²) in [7, 11) is 1.24. The van der Waals surface area contributed by atoms with Crippen molar-refractivity contribution >= 4 is 18.0 Å². The number of carbonyl (C=O) groups is 1. The number of rotatable bonds is 4. The monoisotopic (exact) mass is 324 g/mol. The van der Waals surface area contributed by atoms with E-state index in [4.69, 9.17) is 4.42 Å². The third kappa shape index (κ3) is 3.12. The number of benzene rings is 1. The van der Waals surface area contributed by atoms with Crippen LogP contribution in [0.5, 0.6) is 5.95 Å². The van der Waals surface area contributed by atoms with Gasteiger partial charge in [0.2, 0.25) is 5.89 Å². The first-order valence-electron chi connectivity index (χ1n) is 6.87. The van der Waals surface area contributed by atoms with Crippen LogP contribution in [0.3, 0.4) is 0 Å². The number of aromatic hydroxyl groups is 1. The molecular weight excluding hydrogens is 312 g/mol. The molecule has 2 aromatic heterocycles. The molecule has 0 aliphatic carbocycles. The minimum atomic E-state index is -0.662. The summed E-state index contributed by atoms with van der Waals surface area (Å²) < 4.78 is 9.83. The Labute approximate surface area is 136 Å². The summed E-state index contributed by atoms with van der Waals surface area (Å²) in [5, 5.41) is 9.85. The largest absolute Gasteiger partial charge is 0.479 e. The van der Waals surface area contributed by atoms with Crippen molar-refractivity contribution in [2.45, 2.75) is 0 Å². The van der Waals surface area contributed by atoms with Crippen molar-refractivity contribution in [2.75, 3.05) is 7.11 Å². The Hall–Kier alpha value is -3.55. The van der Waals surface area contributed by atoms with E-state index in [2.05, 4.69) is 24.7 Å². The lowest BCUT2D eigenvalue weighted by Crippen LogP contribution is -2.05. The van der Waals surface area contributed by atoms with Gasteiger partial charge in [0.05, 0.1) is 13.3 Å². The van der Waals surface area contributed by atoms with Crippen LogP contribution in [-0.2, 0) is 4.74 Å². The van der Waals surface area contributed by atoms with Gasteiger partial charge in [-0.3, -0.25) is 0 Å². The molecule has 8 nitrogen and oxygen atoms in total. The maximum absolute atomic E-state index is 11.6. The number of hydrogen-bond acceptors (Lipinski definition) is 8. The quantitative estimate of drug-likeness (QED) is 0.579. The smallest absolute Gasteiger partial charge is 0.360 e. The molecule has 8 heteroatoms. The van der Waals surface area contributed by atoms with E-state index in [0.717, 1.165) is 0 Å². The summed E-state index contributed by atoms with van der Waals surface area (Å²) in [5.41, 5.74) is 0.778. The summed E-state index contributed by atoms with van der Waals surface area (Å²) in [6.45, 7) is 0. The number of methoxy groups -OCH3 is 1. The Morgan fingerprint density at radius 3 is 2.75 bits per heavy atom. The van der Waals surface area contributed by atoms with Crippen LogP contribution in [0.25, 0.3) is 11.5 Å². The third-order valence-electron chi connectivity index (χ3n) is 3.02. The normalized spacial score (nSPS) is 10.9. The van der Waals surface area contributed by atoms with E-state index in [1.54, 1.807) is 12.1 Å². The molecule has 0 aliphatic rings. The van der Waals surface area contributed by atoms with E-state index in [1.165, 1.54) is 25.7 Å². The summed E-state index contributed by atoms with van der Waals surface area (Å²) in [6.07, 6.45) is 3.98. The Bertz CT molecular complexity index is 890. The van der Waals surface area contributed by atoms with Gasteiger partial charge in [-0.2, -0.15) is 0 Å². The Balaban J connectivity index is 1.91. The first kappa shape index (κ1) is 15.3. The van der Waals surface area contributed by atoms with E-state index >= 15 is 0 Å². The molecule has 2 heterocycles. The minimum Gasteiger partial charge on any atom is -0.479 e. The Morgan fingerprint density at radius 2 is 2.00 bits per heavy atom. The number of nitrogens with zero attached hydrogens (tertiary/aromatic N) is 4. The second-order valence-corrected chi connectivity index (χ2v) is 4.55. The lowest BCUT2D eigenvalue weighted by Gasteiger charge is -1.99. The number of hydrogen-bond donors (Lipinski definition) is 1. The number of oxazole rings is 1. The standard InChI is InChI=1S/C16H12N4O4/c1-23-16(22)12-13(18-8-7-17-12)19-9-11-15(21)24-14(20-11)10-5-3-2-4-6-10/h2-9,21H,1H3. The molecule has 0 aliphatic heterocycles. The summed E-state index contributed by atoms with van der Waals surface area (Å²) in [4.78, 5) is 27.6. The van der Waals surface area contributed by atoms with Crippen molar-refractivity contribution in [1.29, 1.82) is 0 Å². The predicted octanol–water partition coefficient (Wildman–Crippen LogP) is 2.37. The van der Waals surface area contributed by atoms with Crippen molar-refractivity contribution in [3.8, 4) is 17.4 Å². The average molecular weight is 324 g/mol. The van der Waals surface area contributed by atoms with E-state index in [-0.39, 0.29) is 29.0 Å². The van der Waals surface area contributed by atoms with Gasteiger partial charge >= 0.3 is 11.9 Å². The van der Waals surface area contributed by atoms with E-state index in [1.807, 2.05) is 18.2 Å². The van der Waals surface area contributed by atoms with Gasteiger partial charge < -0.3 is 14.3 Å². The number of esters is 1. The maximum atomic E-state index is 11.6. The van der Waals surface area contributed by atoms with Gasteiger partial charge in [-0.1, -0.05) is 18.2 Å². The molecule has 120 valence electrons. The fourth-order valence-electron chi connectivity index (χ4n) is 1.90. The van der Waals surface area contributed by atoms with Gasteiger partial charge in [-0.15, -0.1) is 0 Å². The molecule has 3 aromatic rings. The summed E-state index contributed by atoms with van der Waals surface area (Å²) >= 11 is 0. The van der Waals surface area contributed by atoms with Crippen LogP contribution in [0.1, 0.15) is 16.2 Å². The van der Waals surface area contributed by atoms with Crippen molar-refractivity contribution in [1.82, 2.24) is 15.0 Å². The molecular formula is C16H12N4O4. The van der Waals surface area contributed by atoms with Crippen LogP contribution in [0, 0.1) is 0 Å². The van der Waals surface area contributed by atoms with Crippen molar-refractivity contribution in [2.24, 2.45) is 4.99 Å². The van der Waals surface area contributed by atoms with Crippen LogP contribution in [0.15, 0.2) is 52.1 Å². The van der Waals surface area contributed by atoms with Gasteiger partial charge in [-0.05, 0) is 12.1 Å². The maximum Gasteiger partial charge on any atom is 0.360 e. The topological polar surface area (TPSA) is 111 Å². The SMILES string of the molecule is COC(=O)c1nccnc1N=Cc1nc(-c2ccccc2)oc1O. The second-order valence-electron chi connectivity index (χ2n) is 4.55. The molecule has 3 rings (SSSR count). The average Bonchev–Trinajstić information content (AvgIpc) is 3.01. The Kier molecular flexibility index (Phi) is 4.28. The number of aliphatic imine (C=N–C) groups is 1.